The van der Waals surface area contributed by atoms with Crippen molar-refractivity contribution in [3.8, 4) is 33.4 Å². The lowest BCUT2D eigenvalue weighted by Gasteiger charge is -2.30. The van der Waals surface area contributed by atoms with E-state index in [4.69, 9.17) is 0 Å². The summed E-state index contributed by atoms with van der Waals surface area (Å²) < 4.78 is 0. The predicted molar refractivity (Wildman–Crippen MR) is 521 cm³/mol. The molecule has 0 amide bonds. The average molecular weight is 1580 g/mol. The largest absolute Gasteiger partial charge is 0.0613 e. The highest BCUT2D eigenvalue weighted by Crippen LogP contribution is 2.46. The van der Waals surface area contributed by atoms with Gasteiger partial charge in [-0.1, -0.05) is 463 Å². The van der Waals surface area contributed by atoms with Crippen molar-refractivity contribution in [2.75, 3.05) is 0 Å². The van der Waals surface area contributed by atoms with E-state index < -0.39 is 0 Å². The van der Waals surface area contributed by atoms with Crippen LogP contribution in [0.2, 0.25) is 0 Å². The van der Waals surface area contributed by atoms with Crippen molar-refractivity contribution < 1.29 is 0 Å². The summed E-state index contributed by atoms with van der Waals surface area (Å²) in [5, 5.41) is 0. The van der Waals surface area contributed by atoms with Gasteiger partial charge in [0.2, 0.25) is 0 Å². The standard InChI is InChI=1S/C34H38.C30H30.C29H28.C28H26/c1-5-25-9-17-29(18-10-25)33(30-19-11-26(6-2)12-20-30)34(31-21-13-27(7-3)14-22-31)32-23-15-28(8-4)16-24-32;1-21-5-13-25(14-6-21)29(26-15-7-22(2)8-16-26)30(27-17-9-23(3)10-18-27)28-19-11-24(4)12-20-28;1-3-23-12-16-28(17-13-23)29-18-14-27(15-19-29)21-26-10-8-25(9-11-26)20-24-6-4-22(2)5-7-24;1-3-22-6-14-26(15-7-22)28-18-10-24(11-19-28)20-23-8-16-27(17-9-23)25-12-4-21(2)5-13-25/h9-24,33-34H,5-8H2,1-4H3;5-20,29-30H,1-4H3;4-19H,3,20-21H2,1-2H3;4-19H,3,20H2,1-2H3. The van der Waals surface area contributed by atoms with E-state index >= 15 is 0 Å². The molecule has 0 N–H and O–H groups in total. The van der Waals surface area contributed by atoms with Gasteiger partial charge in [-0.2, -0.15) is 0 Å². The summed E-state index contributed by atoms with van der Waals surface area (Å²) in [6.45, 7) is 26.2. The second-order valence-electron chi connectivity index (χ2n) is 33.3. The molecule has 0 fully saturated rings. The Morgan fingerprint density at radius 1 is 0.124 bits per heavy atom. The summed E-state index contributed by atoms with van der Waals surface area (Å²) >= 11 is 0. The molecule has 0 radical (unpaired) electrons. The highest BCUT2D eigenvalue weighted by Gasteiger charge is 2.30. The molecule has 0 saturated heterocycles. The molecule has 0 atom stereocenters. The molecule has 0 unspecified atom stereocenters. The van der Waals surface area contributed by atoms with E-state index in [1.54, 1.807) is 0 Å². The molecular weight excluding hydrogens is 1450 g/mol. The molecule has 0 bridgehead atoms. The first-order chi connectivity index (χ1) is 59.1. The Morgan fingerprint density at radius 2 is 0.223 bits per heavy atom. The number of aryl methyl sites for hydroxylation is 12. The predicted octanol–water partition coefficient (Wildman–Crippen LogP) is 31.7. The molecule has 0 aliphatic heterocycles. The molecule has 0 saturated carbocycles. The summed E-state index contributed by atoms with van der Waals surface area (Å²) in [6, 6.07) is 145. The maximum Gasteiger partial charge on any atom is 0.0199 e. The fraction of sp³-hybridized carbons (Fsp3) is 0.207. The van der Waals surface area contributed by atoms with E-state index in [2.05, 4.69) is 471 Å². The van der Waals surface area contributed by atoms with E-state index in [1.807, 2.05) is 0 Å². The van der Waals surface area contributed by atoms with Crippen LogP contribution in [0.3, 0.4) is 0 Å². The maximum absolute atomic E-state index is 2.35. The van der Waals surface area contributed by atoms with Gasteiger partial charge in [0.1, 0.15) is 0 Å². The van der Waals surface area contributed by atoms with Crippen LogP contribution in [-0.4, -0.2) is 0 Å². The van der Waals surface area contributed by atoms with E-state index in [0.29, 0.717) is 0 Å². The third-order valence-electron chi connectivity index (χ3n) is 24.4. The van der Waals surface area contributed by atoms with Gasteiger partial charge >= 0.3 is 0 Å². The maximum atomic E-state index is 2.35. The summed E-state index contributed by atoms with van der Waals surface area (Å²) in [6.07, 6.45) is 9.36. The first-order valence-electron chi connectivity index (χ1n) is 44.4. The third kappa shape index (κ3) is 24.0. The van der Waals surface area contributed by atoms with Crippen molar-refractivity contribution in [1.82, 2.24) is 0 Å². The Bertz CT molecular complexity index is 5380. The van der Waals surface area contributed by atoms with Crippen molar-refractivity contribution >= 4 is 0 Å². The van der Waals surface area contributed by atoms with Crippen LogP contribution in [0.15, 0.2) is 388 Å². The second kappa shape index (κ2) is 43.0. The van der Waals surface area contributed by atoms with E-state index in [1.165, 1.54) is 178 Å². The van der Waals surface area contributed by atoms with Crippen molar-refractivity contribution in [3.05, 3.63) is 533 Å². The van der Waals surface area contributed by atoms with Crippen LogP contribution in [0.5, 0.6) is 0 Å². The molecule has 16 aromatic rings. The quantitative estimate of drug-likeness (QED) is 0.0535. The molecule has 0 heterocycles. The summed E-state index contributed by atoms with van der Waals surface area (Å²) in [5.74, 6) is 0.988. The molecule has 0 aliphatic rings. The zero-order chi connectivity index (χ0) is 84.4. The van der Waals surface area contributed by atoms with Gasteiger partial charge in [-0.15, -0.1) is 0 Å². The SMILES string of the molecule is CCc1ccc(-c2ccc(Cc3ccc(-c4ccc(C)cc4)cc3)cc2)cc1.CCc1ccc(-c2ccc(Cc3ccc(Cc4ccc(C)cc4)cc3)cc2)cc1.CCc1ccc(C(c2ccc(CC)cc2)C(c2ccc(CC)cc2)c2ccc(CC)cc2)cc1.Cc1ccc(C(c2ccc(C)cc2)C(c2ccc(C)cc2)c2ccc(C)cc2)cc1. The smallest absolute Gasteiger partial charge is 0.0199 e. The summed E-state index contributed by atoms with van der Waals surface area (Å²) in [7, 11) is 0. The molecule has 0 aliphatic carbocycles. The highest BCUT2D eigenvalue weighted by molar-refractivity contribution is 5.67. The lowest BCUT2D eigenvalue weighted by molar-refractivity contribution is 0.692. The lowest BCUT2D eigenvalue weighted by atomic mass is 9.73. The van der Waals surface area contributed by atoms with Crippen LogP contribution in [0.25, 0.3) is 33.4 Å². The Hall–Kier alpha value is -12.5. The van der Waals surface area contributed by atoms with Crippen molar-refractivity contribution in [2.45, 2.75) is 165 Å². The van der Waals surface area contributed by atoms with E-state index in [0.717, 1.165) is 57.8 Å². The fourth-order valence-corrected chi connectivity index (χ4v) is 16.5. The number of benzene rings is 16. The normalized spacial score (nSPS) is 11.1. The van der Waals surface area contributed by atoms with Crippen LogP contribution in [0, 0.1) is 41.5 Å². The molecule has 0 nitrogen and oxygen atoms in total. The zero-order valence-corrected chi connectivity index (χ0v) is 73.6. The van der Waals surface area contributed by atoms with E-state index in [-0.39, 0.29) is 23.7 Å². The molecule has 0 heteroatoms. The molecule has 121 heavy (non-hydrogen) atoms. The van der Waals surface area contributed by atoms with Crippen LogP contribution in [0.4, 0.5) is 0 Å². The zero-order valence-electron chi connectivity index (χ0n) is 73.6. The van der Waals surface area contributed by atoms with Gasteiger partial charge < -0.3 is 0 Å². The summed E-state index contributed by atoms with van der Waals surface area (Å²) in [5.41, 5.74) is 42.9. The van der Waals surface area contributed by atoms with Crippen molar-refractivity contribution in [2.24, 2.45) is 0 Å². The van der Waals surface area contributed by atoms with Crippen LogP contribution < -0.4 is 0 Å². The molecule has 606 valence electrons. The van der Waals surface area contributed by atoms with Gasteiger partial charge in [-0.25, -0.2) is 0 Å². The van der Waals surface area contributed by atoms with Gasteiger partial charge in [0.15, 0.2) is 0 Å². The van der Waals surface area contributed by atoms with Crippen LogP contribution in [0.1, 0.15) is 210 Å². The molecule has 0 aromatic heterocycles. The summed E-state index contributed by atoms with van der Waals surface area (Å²) in [4.78, 5) is 0. The van der Waals surface area contributed by atoms with Crippen LogP contribution in [-0.2, 0) is 57.8 Å². The van der Waals surface area contributed by atoms with Gasteiger partial charge in [0.25, 0.3) is 0 Å². The Labute approximate surface area is 725 Å². The molecule has 16 aromatic carbocycles. The minimum atomic E-state index is 0.247. The molecule has 16 rings (SSSR count). The van der Waals surface area contributed by atoms with Crippen LogP contribution >= 0.6 is 0 Å². The van der Waals surface area contributed by atoms with E-state index in [9.17, 15) is 0 Å². The minimum absolute atomic E-state index is 0.247. The first-order valence-corrected chi connectivity index (χ1v) is 44.4. The van der Waals surface area contributed by atoms with Gasteiger partial charge in [-0.05, 0) is 244 Å². The van der Waals surface area contributed by atoms with Crippen molar-refractivity contribution in [3.63, 3.8) is 0 Å². The minimum Gasteiger partial charge on any atom is -0.0613 e. The average Bonchev–Trinajstić information content (AvgIpc) is 0.783. The third-order valence-corrected chi connectivity index (χ3v) is 24.4. The number of hydrogen-bond acceptors (Lipinski definition) is 0. The lowest BCUT2D eigenvalue weighted by Crippen LogP contribution is -2.15. The first kappa shape index (κ1) is 86.4. The number of rotatable bonds is 25. The van der Waals surface area contributed by atoms with Gasteiger partial charge in [0.05, 0.1) is 0 Å². The fourth-order valence-electron chi connectivity index (χ4n) is 16.5. The highest BCUT2D eigenvalue weighted by atomic mass is 14.3. The van der Waals surface area contributed by atoms with Crippen molar-refractivity contribution in [1.29, 1.82) is 0 Å². The molecular formula is C121H122. The monoisotopic (exact) mass is 1570 g/mol. The Kier molecular flexibility index (Phi) is 30.7. The Morgan fingerprint density at radius 3 is 0.380 bits per heavy atom. The number of hydrogen-bond donors (Lipinski definition) is 0. The van der Waals surface area contributed by atoms with Gasteiger partial charge in [0, 0.05) is 23.7 Å². The van der Waals surface area contributed by atoms with Gasteiger partial charge in [-0.3, -0.25) is 0 Å². The molecule has 0 spiro atoms. The Balaban J connectivity index is 0.000000140. The second-order valence-corrected chi connectivity index (χ2v) is 33.3. The topological polar surface area (TPSA) is 0 Å².